The van der Waals surface area contributed by atoms with Gasteiger partial charge in [-0.2, -0.15) is 0 Å². The molecule has 140 valence electrons. The maximum absolute atomic E-state index is 6.37. The van der Waals surface area contributed by atoms with E-state index in [-0.39, 0.29) is 5.92 Å². The van der Waals surface area contributed by atoms with Gasteiger partial charge in [0.15, 0.2) is 5.60 Å². The van der Waals surface area contributed by atoms with Gasteiger partial charge in [0.05, 0.1) is 0 Å². The summed E-state index contributed by atoms with van der Waals surface area (Å²) in [5, 5.41) is 0. The van der Waals surface area contributed by atoms with Crippen molar-refractivity contribution in [3.05, 3.63) is 113 Å². The lowest BCUT2D eigenvalue weighted by molar-refractivity contribution is -0.448. The largest absolute Gasteiger partial charge is 0.224 e. The molecule has 2 aliphatic rings. The minimum Gasteiger partial charge on any atom is -0.224 e. The molecule has 1 saturated heterocycles. The normalized spacial score (nSPS) is 25.4. The number of fused-ring (bicyclic) bond motifs is 3. The van der Waals surface area contributed by atoms with Crippen LogP contribution in [-0.2, 0) is 21.0 Å². The second-order valence-electron chi connectivity index (χ2n) is 8.04. The van der Waals surface area contributed by atoms with Crippen molar-refractivity contribution in [1.82, 2.24) is 0 Å². The Bertz CT molecular complexity index is 983. The van der Waals surface area contributed by atoms with Gasteiger partial charge in [-0.15, -0.1) is 0 Å². The first-order valence-electron chi connectivity index (χ1n) is 9.90. The zero-order chi connectivity index (χ0) is 19.2. The molecule has 0 spiro atoms. The molecule has 2 heteroatoms. The predicted molar refractivity (Wildman–Crippen MR) is 111 cm³/mol. The second kappa shape index (κ2) is 6.44. The highest BCUT2D eigenvalue weighted by atomic mass is 17.2. The standard InChI is InChI=1S/C26H24O2/c1-19-17-22-18-26(20-11-5-3-6-12-20,21-13-7-4-8-14-21)28-27-25(22,2)24-16-10-9-15-23(19)24/h3-17,22H,18H2,1-2H3/t22-,25+/m0/s1. The lowest BCUT2D eigenvalue weighted by Crippen LogP contribution is -2.49. The van der Waals surface area contributed by atoms with Crippen molar-refractivity contribution in [3.63, 3.8) is 0 Å². The van der Waals surface area contributed by atoms with Gasteiger partial charge < -0.3 is 0 Å². The molecule has 28 heavy (non-hydrogen) atoms. The van der Waals surface area contributed by atoms with E-state index < -0.39 is 11.2 Å². The van der Waals surface area contributed by atoms with Crippen LogP contribution in [0.4, 0.5) is 0 Å². The van der Waals surface area contributed by atoms with Crippen LogP contribution in [0.15, 0.2) is 91.0 Å². The second-order valence-corrected chi connectivity index (χ2v) is 8.04. The van der Waals surface area contributed by atoms with E-state index in [0.29, 0.717) is 0 Å². The SMILES string of the molecule is CC1=C[C@H]2CC(c3ccccc3)(c3ccccc3)OO[C@@]2(C)c2ccccc21. The van der Waals surface area contributed by atoms with Gasteiger partial charge in [0.1, 0.15) is 5.60 Å². The van der Waals surface area contributed by atoms with Gasteiger partial charge in [0.2, 0.25) is 0 Å². The minimum atomic E-state index is -0.629. The molecule has 1 aliphatic carbocycles. The molecule has 0 amide bonds. The van der Waals surface area contributed by atoms with Crippen molar-refractivity contribution in [2.45, 2.75) is 31.5 Å². The molecule has 5 rings (SSSR count). The molecule has 3 aromatic carbocycles. The third-order valence-electron chi connectivity index (χ3n) is 6.39. The van der Waals surface area contributed by atoms with E-state index in [9.17, 15) is 0 Å². The smallest absolute Gasteiger partial charge is 0.154 e. The summed E-state index contributed by atoms with van der Waals surface area (Å²) in [5.41, 5.74) is 4.87. The first-order valence-corrected chi connectivity index (χ1v) is 9.90. The van der Waals surface area contributed by atoms with Crippen molar-refractivity contribution in [2.75, 3.05) is 0 Å². The van der Waals surface area contributed by atoms with Crippen LogP contribution in [0.3, 0.4) is 0 Å². The third-order valence-corrected chi connectivity index (χ3v) is 6.39. The Kier molecular flexibility index (Phi) is 4.01. The van der Waals surface area contributed by atoms with Gasteiger partial charge in [-0.1, -0.05) is 91.0 Å². The first kappa shape index (κ1) is 17.4. The van der Waals surface area contributed by atoms with Crippen LogP contribution in [0.1, 0.15) is 42.5 Å². The lowest BCUT2D eigenvalue weighted by atomic mass is 9.67. The first-order chi connectivity index (χ1) is 13.6. The Balaban J connectivity index is 1.66. The van der Waals surface area contributed by atoms with E-state index >= 15 is 0 Å². The maximum atomic E-state index is 6.37. The average molecular weight is 368 g/mol. The third kappa shape index (κ3) is 2.49. The van der Waals surface area contributed by atoms with E-state index in [4.69, 9.17) is 9.78 Å². The Morgan fingerprint density at radius 2 is 1.32 bits per heavy atom. The van der Waals surface area contributed by atoms with Gasteiger partial charge in [0.25, 0.3) is 0 Å². The summed E-state index contributed by atoms with van der Waals surface area (Å²) >= 11 is 0. The van der Waals surface area contributed by atoms with E-state index in [2.05, 4.69) is 92.7 Å². The number of rotatable bonds is 2. The quantitative estimate of drug-likeness (QED) is 0.499. The molecule has 3 aromatic rings. The van der Waals surface area contributed by atoms with E-state index in [1.165, 1.54) is 16.7 Å². The molecule has 2 atom stereocenters. The van der Waals surface area contributed by atoms with Crippen LogP contribution in [0, 0.1) is 5.92 Å². The van der Waals surface area contributed by atoms with Crippen LogP contribution >= 0.6 is 0 Å². The number of benzene rings is 3. The van der Waals surface area contributed by atoms with Crippen molar-refractivity contribution in [3.8, 4) is 0 Å². The van der Waals surface area contributed by atoms with Crippen LogP contribution in [0.5, 0.6) is 0 Å². The maximum Gasteiger partial charge on any atom is 0.154 e. The van der Waals surface area contributed by atoms with Crippen molar-refractivity contribution < 1.29 is 9.78 Å². The van der Waals surface area contributed by atoms with Crippen molar-refractivity contribution in [2.24, 2.45) is 5.92 Å². The van der Waals surface area contributed by atoms with Crippen molar-refractivity contribution >= 4 is 5.57 Å². The molecule has 0 aromatic heterocycles. The molecule has 0 bridgehead atoms. The fraction of sp³-hybridized carbons (Fsp3) is 0.231. The fourth-order valence-corrected chi connectivity index (χ4v) is 4.79. The molecule has 0 saturated carbocycles. The predicted octanol–water partition coefficient (Wildman–Crippen LogP) is 6.23. The van der Waals surface area contributed by atoms with Gasteiger partial charge in [-0.25, -0.2) is 9.78 Å². The monoisotopic (exact) mass is 368 g/mol. The summed E-state index contributed by atoms with van der Waals surface area (Å²) in [6, 6.07) is 29.4. The molecule has 2 nitrogen and oxygen atoms in total. The summed E-state index contributed by atoms with van der Waals surface area (Å²) in [6.45, 7) is 4.35. The molecule has 0 unspecified atom stereocenters. The van der Waals surface area contributed by atoms with E-state index in [1.54, 1.807) is 0 Å². The number of hydrogen-bond donors (Lipinski definition) is 0. The average Bonchev–Trinajstić information content (AvgIpc) is 2.76. The van der Waals surface area contributed by atoms with Crippen LogP contribution in [0.2, 0.25) is 0 Å². The Morgan fingerprint density at radius 1 is 0.750 bits per heavy atom. The summed E-state index contributed by atoms with van der Waals surface area (Å²) in [5.74, 6) is 0.205. The summed E-state index contributed by atoms with van der Waals surface area (Å²) in [4.78, 5) is 12.7. The van der Waals surface area contributed by atoms with Crippen molar-refractivity contribution in [1.29, 1.82) is 0 Å². The highest BCUT2D eigenvalue weighted by Crippen LogP contribution is 2.54. The topological polar surface area (TPSA) is 18.5 Å². The summed E-state index contributed by atoms with van der Waals surface area (Å²) < 4.78 is 0. The summed E-state index contributed by atoms with van der Waals surface area (Å²) in [6.07, 6.45) is 3.19. The highest BCUT2D eigenvalue weighted by molar-refractivity contribution is 5.70. The Hall–Kier alpha value is -2.68. The lowest BCUT2D eigenvalue weighted by Gasteiger charge is -2.50. The Morgan fingerprint density at radius 3 is 1.96 bits per heavy atom. The molecule has 1 heterocycles. The van der Waals surface area contributed by atoms with Crippen LogP contribution in [0.25, 0.3) is 5.57 Å². The molecule has 0 N–H and O–H groups in total. The zero-order valence-electron chi connectivity index (χ0n) is 16.3. The molecular weight excluding hydrogens is 344 g/mol. The number of allylic oxidation sites excluding steroid dienone is 1. The van der Waals surface area contributed by atoms with Gasteiger partial charge in [0, 0.05) is 5.92 Å². The molecular formula is C26H24O2. The summed E-state index contributed by atoms with van der Waals surface area (Å²) in [7, 11) is 0. The highest BCUT2D eigenvalue weighted by Gasteiger charge is 2.53. The van der Waals surface area contributed by atoms with Gasteiger partial charge in [-0.05, 0) is 48.1 Å². The van der Waals surface area contributed by atoms with Gasteiger partial charge in [-0.3, -0.25) is 0 Å². The Labute approximate surface area is 166 Å². The zero-order valence-corrected chi connectivity index (χ0v) is 16.3. The molecule has 1 aliphatic heterocycles. The van der Waals surface area contributed by atoms with Crippen LogP contribution < -0.4 is 0 Å². The molecule has 1 fully saturated rings. The van der Waals surface area contributed by atoms with E-state index in [0.717, 1.165) is 17.5 Å². The number of hydrogen-bond acceptors (Lipinski definition) is 2. The fourth-order valence-electron chi connectivity index (χ4n) is 4.79. The van der Waals surface area contributed by atoms with Crippen LogP contribution in [-0.4, -0.2) is 0 Å². The molecule has 0 radical (unpaired) electrons. The minimum absolute atomic E-state index is 0.205. The van der Waals surface area contributed by atoms with E-state index in [1.807, 2.05) is 12.1 Å². The van der Waals surface area contributed by atoms with Gasteiger partial charge >= 0.3 is 0 Å².